The van der Waals surface area contributed by atoms with E-state index in [4.69, 9.17) is 25.2 Å². The van der Waals surface area contributed by atoms with Crippen molar-refractivity contribution in [3.63, 3.8) is 0 Å². The van der Waals surface area contributed by atoms with Gasteiger partial charge in [-0.15, -0.1) is 0 Å². The van der Waals surface area contributed by atoms with Crippen LogP contribution in [-0.4, -0.2) is 75.3 Å². The fraction of sp³-hybridized carbons (Fsp3) is 0.750. The van der Waals surface area contributed by atoms with Crippen molar-refractivity contribution in [3.8, 4) is 0 Å². The van der Waals surface area contributed by atoms with Crippen molar-refractivity contribution in [2.75, 3.05) is 18.9 Å². The van der Waals surface area contributed by atoms with E-state index in [0.717, 1.165) is 0 Å². The number of amides is 2. The molecule has 0 aliphatic heterocycles. The summed E-state index contributed by atoms with van der Waals surface area (Å²) in [7, 11) is 0. The van der Waals surface area contributed by atoms with Crippen LogP contribution in [0.3, 0.4) is 0 Å². The van der Waals surface area contributed by atoms with Gasteiger partial charge < -0.3 is 31.7 Å². The van der Waals surface area contributed by atoms with Crippen LogP contribution in [0.15, 0.2) is 0 Å². The Balaban J connectivity index is 4.96. The smallest absolute Gasteiger partial charge is 0.322 e. The summed E-state index contributed by atoms with van der Waals surface area (Å²) in [5, 5.41) is 30.9. The topological polar surface area (TPSA) is 179 Å². The summed E-state index contributed by atoms with van der Waals surface area (Å²) < 4.78 is 21.8. The Hall–Kier alpha value is -1.85. The van der Waals surface area contributed by atoms with Gasteiger partial charge >= 0.3 is 11.9 Å². The highest BCUT2D eigenvalue weighted by molar-refractivity contribution is 7.99. The number of nitrogens with one attached hydrogen (secondary N) is 2. The van der Waals surface area contributed by atoms with E-state index in [0.29, 0.717) is 0 Å². The van der Waals surface area contributed by atoms with Gasteiger partial charge in [0.1, 0.15) is 18.6 Å². The molecule has 156 valence electrons. The van der Waals surface area contributed by atoms with Crippen LogP contribution in [0.5, 0.6) is 0 Å². The summed E-state index contributed by atoms with van der Waals surface area (Å²) in [6, 6.07) is -2.37. The average Bonchev–Trinajstić information content (AvgIpc) is 2.64. The largest absolute Gasteiger partial charge is 0.480 e. The first kappa shape index (κ1) is 19.9. The number of hydrogen-bond donors (Lipinski definition) is 6. The Morgan fingerprint density at radius 3 is 2.44 bits per heavy atom. The number of nitrogens with two attached hydrogens (primary N) is 1. The zero-order valence-corrected chi connectivity index (χ0v) is 15.7. The van der Waals surface area contributed by atoms with Gasteiger partial charge in [0.15, 0.2) is 0 Å². The molecule has 1 unspecified atom stereocenters. The fourth-order valence-corrected chi connectivity index (χ4v) is 3.25. The Morgan fingerprint density at radius 2 is 1.89 bits per heavy atom. The third-order valence-electron chi connectivity index (χ3n) is 3.48. The molecule has 27 heavy (non-hydrogen) atoms. The molecule has 0 aromatic heterocycles. The Kier molecular flexibility index (Phi) is 10.5. The number of carbonyl (C=O) groups excluding carboxylic acids is 2. The normalized spacial score (nSPS) is 16.1. The summed E-state index contributed by atoms with van der Waals surface area (Å²) in [6.45, 7) is -2.98. The maximum Gasteiger partial charge on any atom is 0.322 e. The molecular weight excluding hydrogens is 378 g/mol. The number of thioether (sulfide) groups is 1. The van der Waals surface area contributed by atoms with Crippen LogP contribution in [0, 0.1) is 0 Å². The SMILES string of the molecule is [2H]C([2H])([2H])CCC(CCO)SC[C@H](NC(=O)CC[C@H](N)C(=O)O)C(=O)NCC(=O)O. The second kappa shape index (κ2) is 14.2. The third kappa shape index (κ3) is 12.2. The van der Waals surface area contributed by atoms with E-state index in [9.17, 15) is 19.2 Å². The molecule has 0 heterocycles. The summed E-state index contributed by atoms with van der Waals surface area (Å²) in [5.74, 6) is -3.92. The van der Waals surface area contributed by atoms with Gasteiger partial charge in [0.25, 0.3) is 0 Å². The lowest BCUT2D eigenvalue weighted by atomic mass is 10.1. The molecule has 7 N–H and O–H groups in total. The molecule has 0 saturated carbocycles. The Bertz CT molecular complexity index is 593. The quantitative estimate of drug-likeness (QED) is 0.200. The second-order valence-electron chi connectivity index (χ2n) is 5.72. The summed E-state index contributed by atoms with van der Waals surface area (Å²) >= 11 is 1.18. The molecule has 0 aromatic carbocycles. The van der Waals surface area contributed by atoms with E-state index in [2.05, 4.69) is 10.6 Å². The van der Waals surface area contributed by atoms with Crippen molar-refractivity contribution in [3.05, 3.63) is 0 Å². The molecule has 0 fully saturated rings. The first-order valence-electron chi connectivity index (χ1n) is 9.85. The molecule has 0 rings (SSSR count). The predicted octanol–water partition coefficient (Wildman–Crippen LogP) is -0.852. The fourth-order valence-electron chi connectivity index (χ4n) is 1.99. The lowest BCUT2D eigenvalue weighted by Crippen LogP contribution is -2.49. The van der Waals surface area contributed by atoms with Crippen LogP contribution in [0.2, 0.25) is 0 Å². The molecule has 3 atom stereocenters. The van der Waals surface area contributed by atoms with Gasteiger partial charge in [0, 0.05) is 28.1 Å². The second-order valence-corrected chi connectivity index (χ2v) is 7.05. The van der Waals surface area contributed by atoms with Gasteiger partial charge in [-0.2, -0.15) is 11.8 Å². The van der Waals surface area contributed by atoms with Gasteiger partial charge in [-0.1, -0.05) is 13.3 Å². The maximum absolute atomic E-state index is 12.3. The molecule has 0 aliphatic carbocycles. The van der Waals surface area contributed by atoms with E-state index in [-0.39, 0.29) is 49.7 Å². The van der Waals surface area contributed by atoms with E-state index < -0.39 is 49.2 Å². The van der Waals surface area contributed by atoms with Crippen molar-refractivity contribution in [1.82, 2.24) is 10.6 Å². The van der Waals surface area contributed by atoms with E-state index in [1.807, 2.05) is 0 Å². The minimum atomic E-state index is -2.14. The van der Waals surface area contributed by atoms with Gasteiger partial charge in [0.2, 0.25) is 11.8 Å². The average molecular weight is 411 g/mol. The standard InChI is InChI=1S/C16H29N3O7S/c1-2-3-10(6-7-20)27-9-12(15(24)18-8-14(22)23)19-13(21)5-4-11(17)16(25)26/h10-12,20H,2-9,17H2,1H3,(H,18,24)(H,19,21)(H,22,23)(H,25,26)/t10?,11-,12-/m0/s1/i1D3. The third-order valence-corrected chi connectivity index (χ3v) is 4.95. The van der Waals surface area contributed by atoms with E-state index >= 15 is 0 Å². The number of carboxylic acids is 2. The van der Waals surface area contributed by atoms with Crippen LogP contribution in [0.1, 0.15) is 43.1 Å². The molecule has 2 amide bonds. The highest BCUT2D eigenvalue weighted by Crippen LogP contribution is 2.20. The summed E-state index contributed by atoms with van der Waals surface area (Å²) in [4.78, 5) is 45.7. The summed E-state index contributed by atoms with van der Waals surface area (Å²) in [6.07, 6.45) is 0.0572. The van der Waals surface area contributed by atoms with E-state index in [1.54, 1.807) is 0 Å². The minimum absolute atomic E-state index is 0.00778. The number of hydrogen-bond acceptors (Lipinski definition) is 7. The van der Waals surface area contributed by atoms with Gasteiger partial charge in [-0.3, -0.25) is 19.2 Å². The molecule has 10 nitrogen and oxygen atoms in total. The minimum Gasteiger partial charge on any atom is -0.480 e. The number of carboxylic acid groups (broad SMARTS) is 2. The number of aliphatic hydroxyl groups is 1. The molecule has 0 aliphatic rings. The van der Waals surface area contributed by atoms with Crippen LogP contribution in [0.4, 0.5) is 0 Å². The monoisotopic (exact) mass is 410 g/mol. The highest BCUT2D eigenvalue weighted by Gasteiger charge is 2.23. The molecule has 0 spiro atoms. The first-order chi connectivity index (χ1) is 13.9. The zero-order valence-electron chi connectivity index (χ0n) is 17.8. The maximum atomic E-state index is 12.3. The Morgan fingerprint density at radius 1 is 1.19 bits per heavy atom. The molecule has 0 aromatic rings. The van der Waals surface area contributed by atoms with Crippen molar-refractivity contribution >= 4 is 35.5 Å². The lowest BCUT2D eigenvalue weighted by molar-refractivity contribution is -0.139. The molecular formula is C16H29N3O7S. The molecule has 11 heteroatoms. The first-order valence-corrected chi connectivity index (χ1v) is 9.40. The number of aliphatic hydroxyl groups excluding tert-OH is 1. The van der Waals surface area contributed by atoms with Crippen molar-refractivity contribution < 1.29 is 38.6 Å². The highest BCUT2D eigenvalue weighted by atomic mass is 32.2. The Labute approximate surface area is 166 Å². The van der Waals surface area contributed by atoms with Crippen LogP contribution >= 0.6 is 11.8 Å². The van der Waals surface area contributed by atoms with E-state index in [1.165, 1.54) is 11.8 Å². The van der Waals surface area contributed by atoms with Crippen molar-refractivity contribution in [2.24, 2.45) is 5.73 Å². The predicted molar refractivity (Wildman–Crippen MR) is 100 cm³/mol. The van der Waals surface area contributed by atoms with Crippen molar-refractivity contribution in [2.45, 2.75) is 56.3 Å². The van der Waals surface area contributed by atoms with Crippen LogP contribution in [-0.2, 0) is 19.2 Å². The molecule has 0 bridgehead atoms. The lowest BCUT2D eigenvalue weighted by Gasteiger charge is -2.21. The van der Waals surface area contributed by atoms with Gasteiger partial charge in [-0.05, 0) is 19.3 Å². The summed E-state index contributed by atoms with van der Waals surface area (Å²) in [5.41, 5.74) is 5.34. The van der Waals surface area contributed by atoms with Crippen molar-refractivity contribution in [1.29, 1.82) is 0 Å². The van der Waals surface area contributed by atoms with Gasteiger partial charge in [0.05, 0.1) is 0 Å². The van der Waals surface area contributed by atoms with Crippen LogP contribution in [0.25, 0.3) is 0 Å². The van der Waals surface area contributed by atoms with Crippen LogP contribution < -0.4 is 16.4 Å². The zero-order chi connectivity index (χ0) is 23.3. The number of rotatable bonds is 15. The number of carbonyl (C=O) groups is 4. The number of aliphatic carboxylic acids is 2. The molecule has 0 radical (unpaired) electrons. The molecule has 0 saturated heterocycles. The van der Waals surface area contributed by atoms with Gasteiger partial charge in [-0.25, -0.2) is 0 Å².